The number of aromatic nitrogens is 6. The Labute approximate surface area is 211 Å². The molecule has 3 aromatic carbocycles. The number of aryl methyl sites for hydroxylation is 2. The predicted octanol–water partition coefficient (Wildman–Crippen LogP) is 1.46. The summed E-state index contributed by atoms with van der Waals surface area (Å²) in [7, 11) is 3.67. The molecule has 0 radical (unpaired) electrons. The summed E-state index contributed by atoms with van der Waals surface area (Å²) in [6.07, 6.45) is 0. The van der Waals surface area contributed by atoms with Gasteiger partial charge in [0.25, 0.3) is 0 Å². The van der Waals surface area contributed by atoms with E-state index >= 15 is 0 Å². The standard InChI is InChI=1S/C26H16N6O6/c1-28-19-10-13(22(35)36)4-7-17(19)31-24-27-15-9-12(21(33)34)3-6-16(15)30(24)25-29(2)20-11-14(23(37)38)5-8-18(20)32(25)26(28)31/h3-11H,1-2H3,(H-2,33,34,35,36,37,38)/p+3. The van der Waals surface area contributed by atoms with Crippen LogP contribution < -0.4 is 13.2 Å². The van der Waals surface area contributed by atoms with E-state index in [0.717, 1.165) is 11.0 Å². The zero-order chi connectivity index (χ0) is 26.6. The van der Waals surface area contributed by atoms with Crippen LogP contribution in [0.5, 0.6) is 0 Å². The molecule has 0 saturated carbocycles. The first kappa shape index (κ1) is 21.7. The maximum absolute atomic E-state index is 11.7. The Hall–Kier alpha value is -5.52. The minimum atomic E-state index is -1.05. The molecule has 0 amide bonds. The van der Waals surface area contributed by atoms with E-state index in [1.807, 2.05) is 36.4 Å². The summed E-state index contributed by atoms with van der Waals surface area (Å²) in [5.74, 6) is -1.18. The largest absolute Gasteiger partial charge is 0.523 e. The molecule has 12 nitrogen and oxygen atoms in total. The Morgan fingerprint density at radius 3 is 1.55 bits per heavy atom. The summed E-state index contributed by atoms with van der Waals surface area (Å²) in [4.78, 5) is 38.5. The van der Waals surface area contributed by atoms with E-state index in [1.54, 1.807) is 42.5 Å². The highest BCUT2D eigenvalue weighted by Crippen LogP contribution is 2.22. The van der Waals surface area contributed by atoms with Gasteiger partial charge in [-0.05, 0) is 46.9 Å². The fraction of sp³-hybridized carbons (Fsp3) is 0.0769. The highest BCUT2D eigenvalue weighted by molar-refractivity contribution is 5.94. The Morgan fingerprint density at radius 2 is 1.05 bits per heavy atom. The van der Waals surface area contributed by atoms with E-state index < -0.39 is 17.9 Å². The third-order valence-electron chi connectivity index (χ3n) is 7.20. The topological polar surface area (TPSA) is 150 Å². The molecule has 0 atom stereocenters. The fourth-order valence-electron chi connectivity index (χ4n) is 5.48. The van der Waals surface area contributed by atoms with Crippen LogP contribution >= 0.6 is 0 Å². The lowest BCUT2D eigenvalue weighted by atomic mass is 10.2. The Kier molecular flexibility index (Phi) is 4.02. The van der Waals surface area contributed by atoms with Crippen molar-refractivity contribution in [1.82, 2.24) is 14.1 Å². The second kappa shape index (κ2) is 7.03. The number of hydrogen-bond acceptors (Lipinski definition) is 3. The molecule has 186 valence electrons. The van der Waals surface area contributed by atoms with E-state index in [9.17, 15) is 29.7 Å². The zero-order valence-corrected chi connectivity index (χ0v) is 20.0. The van der Waals surface area contributed by atoms with E-state index in [2.05, 4.69) is 4.98 Å². The number of fused-ring (bicyclic) bond motifs is 12. The van der Waals surface area contributed by atoms with Crippen LogP contribution in [0.15, 0.2) is 54.6 Å². The molecule has 7 rings (SSSR count). The van der Waals surface area contributed by atoms with Gasteiger partial charge in [0.2, 0.25) is 22.1 Å². The molecular formula is C26H19N6O6+3. The lowest BCUT2D eigenvalue weighted by Crippen LogP contribution is -2.49. The van der Waals surface area contributed by atoms with Gasteiger partial charge >= 0.3 is 35.2 Å². The van der Waals surface area contributed by atoms with Crippen molar-refractivity contribution < 1.29 is 42.9 Å². The van der Waals surface area contributed by atoms with Gasteiger partial charge in [-0.3, -0.25) is 4.98 Å². The number of hydrogen-bond donors (Lipinski definition) is 4. The molecule has 38 heavy (non-hydrogen) atoms. The van der Waals surface area contributed by atoms with Gasteiger partial charge in [0.05, 0.1) is 36.3 Å². The van der Waals surface area contributed by atoms with Gasteiger partial charge in [-0.2, -0.15) is 9.13 Å². The summed E-state index contributed by atoms with van der Waals surface area (Å²) < 4.78 is 9.63. The summed E-state index contributed by atoms with van der Waals surface area (Å²) in [5.41, 5.74) is 4.49. The number of carboxylic acids is 3. The van der Waals surface area contributed by atoms with Crippen LogP contribution in [-0.4, -0.2) is 47.3 Å². The third-order valence-corrected chi connectivity index (χ3v) is 7.20. The van der Waals surface area contributed by atoms with Crippen molar-refractivity contribution in [3.05, 3.63) is 71.3 Å². The van der Waals surface area contributed by atoms with Crippen LogP contribution in [-0.2, 0) is 14.1 Å². The number of aromatic amines is 1. The fourth-order valence-corrected chi connectivity index (χ4v) is 5.48. The normalized spacial score (nSPS) is 12.1. The first-order valence-electron chi connectivity index (χ1n) is 11.5. The van der Waals surface area contributed by atoms with E-state index in [-0.39, 0.29) is 16.7 Å². The Bertz CT molecular complexity index is 2220. The quantitative estimate of drug-likeness (QED) is 0.264. The van der Waals surface area contributed by atoms with Crippen molar-refractivity contribution in [3.8, 4) is 0 Å². The third kappa shape index (κ3) is 2.57. The molecule has 0 aliphatic heterocycles. The molecule has 12 heteroatoms. The van der Waals surface area contributed by atoms with Gasteiger partial charge in [-0.1, -0.05) is 8.80 Å². The monoisotopic (exact) mass is 511 g/mol. The maximum Gasteiger partial charge on any atom is 0.523 e. The number of H-pyrrole nitrogens is 1. The number of benzene rings is 3. The number of aromatic carboxylic acids is 3. The van der Waals surface area contributed by atoms with Crippen LogP contribution in [0.25, 0.3) is 50.4 Å². The minimum absolute atomic E-state index is 0.127. The highest BCUT2D eigenvalue weighted by Gasteiger charge is 2.40. The number of nitrogens with one attached hydrogen (secondary N) is 1. The maximum atomic E-state index is 11.7. The lowest BCUT2D eigenvalue weighted by Gasteiger charge is -1.92. The molecule has 4 heterocycles. The van der Waals surface area contributed by atoms with E-state index in [1.165, 1.54) is 12.1 Å². The van der Waals surface area contributed by atoms with Gasteiger partial charge in [0.1, 0.15) is 0 Å². The first-order valence-corrected chi connectivity index (χ1v) is 11.5. The van der Waals surface area contributed by atoms with Crippen LogP contribution in [0.4, 0.5) is 0 Å². The van der Waals surface area contributed by atoms with Gasteiger partial charge < -0.3 is 15.3 Å². The van der Waals surface area contributed by atoms with Crippen molar-refractivity contribution in [2.45, 2.75) is 0 Å². The summed E-state index contributed by atoms with van der Waals surface area (Å²) in [6.45, 7) is 0. The molecule has 0 saturated heterocycles. The number of carboxylic acid groups (broad SMARTS) is 3. The van der Waals surface area contributed by atoms with Crippen molar-refractivity contribution in [2.75, 3.05) is 0 Å². The SMILES string of the molecule is Cn1c2cc(C(=O)O)ccc2[n+]2c1[n+]1c3ccc(C(=O)O)cc3[nH]c1[n+]1c3ccc(C(=O)O)cc3n(C)c12. The molecule has 0 aliphatic carbocycles. The molecule has 0 fully saturated rings. The Balaban J connectivity index is 1.82. The van der Waals surface area contributed by atoms with E-state index in [0.29, 0.717) is 39.4 Å². The average Bonchev–Trinajstić information content (AvgIpc) is 3.51. The van der Waals surface area contributed by atoms with Gasteiger partial charge in [0, 0.05) is 12.1 Å². The molecule has 0 spiro atoms. The second-order valence-corrected chi connectivity index (χ2v) is 9.23. The first-order chi connectivity index (χ1) is 18.2. The van der Waals surface area contributed by atoms with Crippen LogP contribution in [0.3, 0.4) is 0 Å². The Morgan fingerprint density at radius 1 is 0.632 bits per heavy atom. The van der Waals surface area contributed by atoms with Crippen LogP contribution in [0.1, 0.15) is 31.1 Å². The smallest absolute Gasteiger partial charge is 0.478 e. The number of carbonyl (C=O) groups is 3. The summed E-state index contributed by atoms with van der Waals surface area (Å²) in [5, 5.41) is 28.8. The number of rotatable bonds is 3. The summed E-state index contributed by atoms with van der Waals surface area (Å²) >= 11 is 0. The van der Waals surface area contributed by atoms with Crippen LogP contribution in [0, 0.1) is 0 Å². The van der Waals surface area contributed by atoms with Crippen molar-refractivity contribution in [3.63, 3.8) is 0 Å². The molecule has 4 aromatic heterocycles. The molecule has 7 aromatic rings. The molecular weight excluding hydrogens is 492 g/mol. The summed E-state index contributed by atoms with van der Waals surface area (Å²) in [6, 6.07) is 14.6. The predicted molar refractivity (Wildman–Crippen MR) is 132 cm³/mol. The molecule has 0 bridgehead atoms. The average molecular weight is 511 g/mol. The number of nitrogens with zero attached hydrogens (tertiary/aromatic N) is 5. The molecule has 0 unspecified atom stereocenters. The van der Waals surface area contributed by atoms with Crippen molar-refractivity contribution in [2.24, 2.45) is 14.1 Å². The minimum Gasteiger partial charge on any atom is -0.478 e. The van der Waals surface area contributed by atoms with Gasteiger partial charge in [-0.25, -0.2) is 14.4 Å². The van der Waals surface area contributed by atoms with Crippen molar-refractivity contribution >= 4 is 68.3 Å². The number of imidazole rings is 3. The van der Waals surface area contributed by atoms with Gasteiger partial charge in [0.15, 0.2) is 5.52 Å². The zero-order valence-electron chi connectivity index (χ0n) is 20.0. The molecule has 4 N–H and O–H groups in total. The van der Waals surface area contributed by atoms with Crippen molar-refractivity contribution in [1.29, 1.82) is 0 Å². The van der Waals surface area contributed by atoms with Gasteiger partial charge in [-0.15, -0.1) is 0 Å². The second-order valence-electron chi connectivity index (χ2n) is 9.23. The van der Waals surface area contributed by atoms with E-state index in [4.69, 9.17) is 0 Å². The van der Waals surface area contributed by atoms with Crippen LogP contribution in [0.2, 0.25) is 0 Å². The lowest BCUT2D eigenvalue weighted by molar-refractivity contribution is -0.693. The highest BCUT2D eigenvalue weighted by atomic mass is 16.4. The molecule has 0 aliphatic rings.